The van der Waals surface area contributed by atoms with Gasteiger partial charge in [0.15, 0.2) is 5.13 Å². The summed E-state index contributed by atoms with van der Waals surface area (Å²) >= 11 is 4.05. The standard InChI is InChI=1S/C19H14BrN3O6S/c1-2-29-18(26)16-14(10-6-8-11(9-7-10)23(27)28)21-19(30-16)22-17(25)12-4-3-5-13(20)15(12)24/h3-9,24H,2H2,1H3,(H,21,22,25). The van der Waals surface area contributed by atoms with Crippen LogP contribution in [0.25, 0.3) is 11.3 Å². The van der Waals surface area contributed by atoms with Gasteiger partial charge in [-0.2, -0.15) is 0 Å². The van der Waals surface area contributed by atoms with Crippen LogP contribution < -0.4 is 5.32 Å². The monoisotopic (exact) mass is 491 g/mol. The van der Waals surface area contributed by atoms with E-state index in [1.165, 1.54) is 30.3 Å². The third-order valence-electron chi connectivity index (χ3n) is 3.89. The van der Waals surface area contributed by atoms with Gasteiger partial charge in [0.05, 0.1) is 27.3 Å². The number of hydrogen-bond donors (Lipinski definition) is 2. The number of hydrogen-bond acceptors (Lipinski definition) is 8. The molecule has 0 aliphatic rings. The van der Waals surface area contributed by atoms with Crippen molar-refractivity contribution in [2.75, 3.05) is 11.9 Å². The molecule has 1 amide bonds. The molecular formula is C19H14BrN3O6S. The number of anilines is 1. The Hall–Kier alpha value is -3.31. The number of phenols is 1. The average molecular weight is 492 g/mol. The van der Waals surface area contributed by atoms with E-state index in [1.807, 2.05) is 0 Å². The Kier molecular flexibility index (Phi) is 6.43. The normalized spacial score (nSPS) is 10.5. The number of nitrogens with zero attached hydrogens (tertiary/aromatic N) is 2. The van der Waals surface area contributed by atoms with Gasteiger partial charge in [-0.1, -0.05) is 17.4 Å². The van der Waals surface area contributed by atoms with E-state index in [-0.39, 0.29) is 39.3 Å². The predicted molar refractivity (Wildman–Crippen MR) is 114 cm³/mol. The summed E-state index contributed by atoms with van der Waals surface area (Å²) in [4.78, 5) is 39.7. The number of nitro groups is 1. The van der Waals surface area contributed by atoms with E-state index < -0.39 is 16.8 Å². The van der Waals surface area contributed by atoms with Gasteiger partial charge < -0.3 is 9.84 Å². The first-order valence-electron chi connectivity index (χ1n) is 8.53. The van der Waals surface area contributed by atoms with E-state index in [0.717, 1.165) is 11.3 Å². The van der Waals surface area contributed by atoms with E-state index >= 15 is 0 Å². The molecule has 0 radical (unpaired) electrons. The lowest BCUT2D eigenvalue weighted by molar-refractivity contribution is -0.384. The van der Waals surface area contributed by atoms with Crippen LogP contribution in [-0.2, 0) is 4.74 Å². The fourth-order valence-electron chi connectivity index (χ4n) is 2.51. The maximum absolute atomic E-state index is 12.5. The fourth-order valence-corrected chi connectivity index (χ4v) is 3.75. The van der Waals surface area contributed by atoms with Crippen molar-refractivity contribution in [3.8, 4) is 17.0 Å². The Morgan fingerprint density at radius 1 is 1.27 bits per heavy atom. The van der Waals surface area contributed by atoms with Crippen LogP contribution in [0.15, 0.2) is 46.9 Å². The molecule has 3 rings (SSSR count). The molecule has 2 aromatic carbocycles. The fraction of sp³-hybridized carbons (Fsp3) is 0.105. The summed E-state index contributed by atoms with van der Waals surface area (Å²) in [5.74, 6) is -1.48. The SMILES string of the molecule is CCOC(=O)c1sc(NC(=O)c2cccc(Br)c2O)nc1-c1ccc([N+](=O)[O-])cc1. The van der Waals surface area contributed by atoms with E-state index in [1.54, 1.807) is 19.1 Å². The van der Waals surface area contributed by atoms with Gasteiger partial charge in [0.25, 0.3) is 11.6 Å². The summed E-state index contributed by atoms with van der Waals surface area (Å²) in [7, 11) is 0. The number of phenolic OH excluding ortho intramolecular Hbond substituents is 1. The van der Waals surface area contributed by atoms with E-state index in [2.05, 4.69) is 26.2 Å². The molecule has 0 saturated carbocycles. The Labute approximate surface area is 182 Å². The van der Waals surface area contributed by atoms with Crippen molar-refractivity contribution < 1.29 is 24.4 Å². The topological polar surface area (TPSA) is 132 Å². The van der Waals surface area contributed by atoms with Crippen molar-refractivity contribution >= 4 is 50.0 Å². The number of esters is 1. The number of carbonyl (C=O) groups excluding carboxylic acids is 2. The minimum absolute atomic E-state index is 0.0224. The summed E-state index contributed by atoms with van der Waals surface area (Å²) in [6, 6.07) is 10.1. The van der Waals surface area contributed by atoms with Crippen LogP contribution in [0.2, 0.25) is 0 Å². The van der Waals surface area contributed by atoms with Crippen molar-refractivity contribution in [2.45, 2.75) is 6.92 Å². The first-order valence-corrected chi connectivity index (χ1v) is 10.1. The van der Waals surface area contributed by atoms with Gasteiger partial charge >= 0.3 is 5.97 Å². The second kappa shape index (κ2) is 9.01. The Balaban J connectivity index is 1.97. The summed E-state index contributed by atoms with van der Waals surface area (Å²) in [6.45, 7) is 1.80. The summed E-state index contributed by atoms with van der Waals surface area (Å²) < 4.78 is 5.41. The Bertz CT molecular complexity index is 1130. The average Bonchev–Trinajstić information content (AvgIpc) is 3.14. The molecule has 0 unspecified atom stereocenters. The van der Waals surface area contributed by atoms with Gasteiger partial charge in [-0.05, 0) is 47.1 Å². The smallest absolute Gasteiger partial charge is 0.350 e. The molecule has 30 heavy (non-hydrogen) atoms. The minimum atomic E-state index is -0.630. The number of para-hydroxylation sites is 1. The van der Waals surface area contributed by atoms with Crippen molar-refractivity contribution in [3.63, 3.8) is 0 Å². The summed E-state index contributed by atoms with van der Waals surface area (Å²) in [6.07, 6.45) is 0. The number of aromatic nitrogens is 1. The van der Waals surface area contributed by atoms with Crippen LogP contribution in [-0.4, -0.2) is 33.5 Å². The van der Waals surface area contributed by atoms with Crippen molar-refractivity contribution in [2.24, 2.45) is 0 Å². The molecule has 0 aliphatic carbocycles. The molecule has 9 nitrogen and oxygen atoms in total. The van der Waals surface area contributed by atoms with Gasteiger partial charge in [-0.15, -0.1) is 0 Å². The van der Waals surface area contributed by atoms with Crippen LogP contribution >= 0.6 is 27.3 Å². The highest BCUT2D eigenvalue weighted by atomic mass is 79.9. The van der Waals surface area contributed by atoms with Crippen molar-refractivity contribution in [1.29, 1.82) is 0 Å². The van der Waals surface area contributed by atoms with Crippen LogP contribution in [0.3, 0.4) is 0 Å². The van der Waals surface area contributed by atoms with Gasteiger partial charge in [-0.3, -0.25) is 20.2 Å². The number of nitro benzene ring substituents is 1. The highest BCUT2D eigenvalue weighted by Crippen LogP contribution is 2.34. The largest absolute Gasteiger partial charge is 0.506 e. The second-order valence-corrected chi connectivity index (χ2v) is 7.66. The van der Waals surface area contributed by atoms with Crippen LogP contribution in [0, 0.1) is 10.1 Å². The first-order chi connectivity index (χ1) is 14.3. The molecule has 1 aromatic heterocycles. The number of rotatable bonds is 6. The number of carbonyl (C=O) groups is 2. The number of halogens is 1. The van der Waals surface area contributed by atoms with Crippen molar-refractivity contribution in [3.05, 3.63) is 67.5 Å². The quantitative estimate of drug-likeness (QED) is 0.292. The molecular weight excluding hydrogens is 478 g/mol. The molecule has 0 atom stereocenters. The highest BCUT2D eigenvalue weighted by molar-refractivity contribution is 9.10. The Morgan fingerprint density at radius 2 is 1.97 bits per heavy atom. The highest BCUT2D eigenvalue weighted by Gasteiger charge is 2.23. The van der Waals surface area contributed by atoms with E-state index in [9.17, 15) is 24.8 Å². The molecule has 11 heteroatoms. The maximum atomic E-state index is 12.5. The lowest BCUT2D eigenvalue weighted by atomic mass is 10.1. The Morgan fingerprint density at radius 3 is 2.60 bits per heavy atom. The van der Waals surface area contributed by atoms with Crippen molar-refractivity contribution in [1.82, 2.24) is 4.98 Å². The first kappa shape index (κ1) is 21.4. The number of nitrogens with one attached hydrogen (secondary N) is 1. The molecule has 3 aromatic rings. The van der Waals surface area contributed by atoms with E-state index in [4.69, 9.17) is 4.74 Å². The number of aromatic hydroxyl groups is 1. The molecule has 0 bridgehead atoms. The third kappa shape index (κ3) is 4.47. The van der Waals surface area contributed by atoms with Crippen LogP contribution in [0.5, 0.6) is 5.75 Å². The van der Waals surface area contributed by atoms with Gasteiger partial charge in [0, 0.05) is 17.7 Å². The van der Waals surface area contributed by atoms with Crippen LogP contribution in [0.4, 0.5) is 10.8 Å². The lowest BCUT2D eigenvalue weighted by Gasteiger charge is -2.05. The number of non-ortho nitro benzene ring substituents is 1. The number of thiazole rings is 1. The lowest BCUT2D eigenvalue weighted by Crippen LogP contribution is -2.12. The second-order valence-electron chi connectivity index (χ2n) is 5.81. The molecule has 2 N–H and O–H groups in total. The molecule has 0 aliphatic heterocycles. The molecule has 154 valence electrons. The predicted octanol–water partition coefficient (Wildman–Crippen LogP) is 4.62. The molecule has 0 fully saturated rings. The van der Waals surface area contributed by atoms with Gasteiger partial charge in [-0.25, -0.2) is 9.78 Å². The molecule has 0 saturated heterocycles. The maximum Gasteiger partial charge on any atom is 0.350 e. The number of ether oxygens (including phenoxy) is 1. The summed E-state index contributed by atoms with van der Waals surface area (Å²) in [5, 5.41) is 23.6. The number of amides is 1. The zero-order valence-electron chi connectivity index (χ0n) is 15.4. The van der Waals surface area contributed by atoms with E-state index in [0.29, 0.717) is 10.0 Å². The third-order valence-corrected chi connectivity index (χ3v) is 5.48. The minimum Gasteiger partial charge on any atom is -0.506 e. The van der Waals surface area contributed by atoms with Crippen LogP contribution in [0.1, 0.15) is 27.0 Å². The summed E-state index contributed by atoms with van der Waals surface area (Å²) in [5.41, 5.74) is 0.590. The van der Waals surface area contributed by atoms with Gasteiger partial charge in [0.2, 0.25) is 0 Å². The van der Waals surface area contributed by atoms with Gasteiger partial charge in [0.1, 0.15) is 10.6 Å². The zero-order chi connectivity index (χ0) is 21.8. The molecule has 1 heterocycles. The molecule has 0 spiro atoms. The number of benzene rings is 2. The zero-order valence-corrected chi connectivity index (χ0v) is 17.8.